The lowest BCUT2D eigenvalue weighted by atomic mass is 10.1. The Morgan fingerprint density at radius 1 is 1.57 bits per heavy atom. The van der Waals surface area contributed by atoms with E-state index in [4.69, 9.17) is 4.74 Å². The summed E-state index contributed by atoms with van der Waals surface area (Å²) in [6.07, 6.45) is 0. The molecule has 14 heavy (non-hydrogen) atoms. The fraction of sp³-hybridized carbons (Fsp3) is 0.400. The van der Waals surface area contributed by atoms with E-state index in [1.807, 2.05) is 0 Å². The second-order valence-corrected chi connectivity index (χ2v) is 4.34. The first-order chi connectivity index (χ1) is 6.56. The van der Waals surface area contributed by atoms with Crippen molar-refractivity contribution in [3.8, 4) is 5.88 Å². The zero-order chi connectivity index (χ0) is 10.7. The van der Waals surface area contributed by atoms with Gasteiger partial charge in [0.2, 0.25) is 5.88 Å². The molecule has 0 saturated heterocycles. The van der Waals surface area contributed by atoms with Crippen LogP contribution in [-0.2, 0) is 0 Å². The lowest BCUT2D eigenvalue weighted by Crippen LogP contribution is -2.12. The van der Waals surface area contributed by atoms with Crippen LogP contribution in [0.2, 0.25) is 0 Å². The maximum atomic E-state index is 11.6. The van der Waals surface area contributed by atoms with Gasteiger partial charge in [-0.3, -0.25) is 4.79 Å². The van der Waals surface area contributed by atoms with Crippen molar-refractivity contribution in [2.24, 2.45) is 0 Å². The minimum atomic E-state index is -0.184. The monoisotopic (exact) mass is 257 g/mol. The molecule has 0 aliphatic rings. The molecule has 0 aliphatic heterocycles. The number of methoxy groups -OCH3 is 1. The first kappa shape index (κ1) is 11.2. The van der Waals surface area contributed by atoms with Gasteiger partial charge in [-0.15, -0.1) is 0 Å². The van der Waals surface area contributed by atoms with Crippen molar-refractivity contribution < 1.29 is 9.53 Å². The van der Waals surface area contributed by atoms with E-state index in [1.54, 1.807) is 33.1 Å². The second kappa shape index (κ2) is 4.55. The number of alkyl halides is 1. The molecule has 0 aliphatic carbocycles. The van der Waals surface area contributed by atoms with E-state index in [0.29, 0.717) is 17.1 Å². The molecule has 3 nitrogen and oxygen atoms in total. The van der Waals surface area contributed by atoms with Gasteiger partial charge in [-0.1, -0.05) is 15.9 Å². The Bertz CT molecular complexity index is 350. The molecule has 0 aromatic carbocycles. The van der Waals surface area contributed by atoms with Gasteiger partial charge in [-0.25, -0.2) is 4.98 Å². The Kier molecular flexibility index (Phi) is 3.63. The summed E-state index contributed by atoms with van der Waals surface area (Å²) in [7, 11) is 1.55. The molecule has 0 amide bonds. The van der Waals surface area contributed by atoms with Crippen LogP contribution in [0.1, 0.15) is 23.0 Å². The molecule has 1 heterocycles. The van der Waals surface area contributed by atoms with Crippen molar-refractivity contribution in [1.82, 2.24) is 4.98 Å². The standard InChI is InChI=1S/C10H12BrNO2/c1-6(11)10(13)8-4-5-9(14-3)12-7(8)2/h4-6H,1-3H3. The highest BCUT2D eigenvalue weighted by Crippen LogP contribution is 2.16. The van der Waals surface area contributed by atoms with Gasteiger partial charge in [-0.05, 0) is 19.9 Å². The quantitative estimate of drug-likeness (QED) is 0.617. The highest BCUT2D eigenvalue weighted by molar-refractivity contribution is 9.10. The SMILES string of the molecule is COc1ccc(C(=O)C(C)Br)c(C)n1. The molecule has 1 atom stereocenters. The van der Waals surface area contributed by atoms with Crippen LogP contribution in [0.5, 0.6) is 5.88 Å². The van der Waals surface area contributed by atoms with E-state index in [1.165, 1.54) is 0 Å². The van der Waals surface area contributed by atoms with Crippen molar-refractivity contribution in [2.45, 2.75) is 18.7 Å². The van der Waals surface area contributed by atoms with E-state index >= 15 is 0 Å². The zero-order valence-electron chi connectivity index (χ0n) is 8.37. The normalized spacial score (nSPS) is 12.3. The van der Waals surface area contributed by atoms with Gasteiger partial charge in [0.15, 0.2) is 5.78 Å². The van der Waals surface area contributed by atoms with Gasteiger partial charge in [0.1, 0.15) is 0 Å². The fourth-order valence-corrected chi connectivity index (χ4v) is 1.37. The Morgan fingerprint density at radius 3 is 2.64 bits per heavy atom. The zero-order valence-corrected chi connectivity index (χ0v) is 9.96. The van der Waals surface area contributed by atoms with E-state index in [2.05, 4.69) is 20.9 Å². The number of pyridine rings is 1. The number of aryl methyl sites for hydroxylation is 1. The van der Waals surface area contributed by atoms with E-state index < -0.39 is 0 Å². The van der Waals surface area contributed by atoms with Gasteiger partial charge in [0, 0.05) is 11.6 Å². The van der Waals surface area contributed by atoms with Crippen molar-refractivity contribution in [3.05, 3.63) is 23.4 Å². The number of ketones is 1. The molecule has 0 radical (unpaired) electrons. The van der Waals surface area contributed by atoms with Gasteiger partial charge in [0.25, 0.3) is 0 Å². The largest absolute Gasteiger partial charge is 0.481 e. The van der Waals surface area contributed by atoms with Crippen molar-refractivity contribution in [1.29, 1.82) is 0 Å². The highest BCUT2D eigenvalue weighted by atomic mass is 79.9. The number of carbonyl (C=O) groups is 1. The first-order valence-corrected chi connectivity index (χ1v) is 5.17. The van der Waals surface area contributed by atoms with Crippen LogP contribution in [-0.4, -0.2) is 22.7 Å². The Balaban J connectivity index is 3.06. The summed E-state index contributed by atoms with van der Waals surface area (Å²) in [4.78, 5) is 15.6. The molecule has 4 heteroatoms. The van der Waals surface area contributed by atoms with Crippen molar-refractivity contribution in [3.63, 3.8) is 0 Å². The topological polar surface area (TPSA) is 39.2 Å². The molecule has 0 N–H and O–H groups in total. The van der Waals surface area contributed by atoms with Gasteiger partial charge in [0.05, 0.1) is 17.6 Å². The molecule has 1 aromatic heterocycles. The molecule has 0 spiro atoms. The van der Waals surface area contributed by atoms with Gasteiger partial charge in [-0.2, -0.15) is 0 Å². The Morgan fingerprint density at radius 2 is 2.21 bits per heavy atom. The van der Waals surface area contributed by atoms with Crippen molar-refractivity contribution in [2.75, 3.05) is 7.11 Å². The lowest BCUT2D eigenvalue weighted by molar-refractivity contribution is 0.0995. The van der Waals surface area contributed by atoms with Crippen molar-refractivity contribution >= 4 is 21.7 Å². The number of hydrogen-bond donors (Lipinski definition) is 0. The summed E-state index contributed by atoms with van der Waals surface area (Å²) in [5.74, 6) is 0.568. The van der Waals surface area contributed by atoms with Crippen LogP contribution in [0, 0.1) is 6.92 Å². The van der Waals surface area contributed by atoms with Crippen LogP contribution < -0.4 is 4.74 Å². The average molecular weight is 258 g/mol. The summed E-state index contributed by atoms with van der Waals surface area (Å²) in [5, 5.41) is 0. The number of carbonyl (C=O) groups excluding carboxylic acids is 1. The second-order valence-electron chi connectivity index (χ2n) is 2.97. The summed E-state index contributed by atoms with van der Waals surface area (Å²) in [6, 6.07) is 3.43. The van der Waals surface area contributed by atoms with Gasteiger partial charge < -0.3 is 4.74 Å². The summed E-state index contributed by atoms with van der Waals surface area (Å²) < 4.78 is 4.96. The number of ether oxygens (including phenoxy) is 1. The maximum absolute atomic E-state index is 11.6. The molecule has 0 bridgehead atoms. The fourth-order valence-electron chi connectivity index (χ4n) is 1.13. The number of halogens is 1. The number of nitrogens with zero attached hydrogens (tertiary/aromatic N) is 1. The van der Waals surface area contributed by atoms with Crippen LogP contribution in [0.15, 0.2) is 12.1 Å². The molecular formula is C10H12BrNO2. The summed E-state index contributed by atoms with van der Waals surface area (Å²) >= 11 is 3.24. The van der Waals surface area contributed by atoms with Crippen LogP contribution in [0.25, 0.3) is 0 Å². The minimum absolute atomic E-state index is 0.0395. The highest BCUT2D eigenvalue weighted by Gasteiger charge is 2.15. The lowest BCUT2D eigenvalue weighted by Gasteiger charge is -2.07. The predicted octanol–water partition coefficient (Wildman–Crippen LogP) is 2.36. The van der Waals surface area contributed by atoms with E-state index in [0.717, 1.165) is 0 Å². The predicted molar refractivity (Wildman–Crippen MR) is 58.2 cm³/mol. The molecule has 0 fully saturated rings. The molecule has 1 unspecified atom stereocenters. The summed E-state index contributed by atoms with van der Waals surface area (Å²) in [5.41, 5.74) is 1.33. The maximum Gasteiger partial charge on any atom is 0.213 e. The molecule has 1 rings (SSSR count). The molecule has 76 valence electrons. The minimum Gasteiger partial charge on any atom is -0.481 e. The smallest absolute Gasteiger partial charge is 0.213 e. The molecular weight excluding hydrogens is 246 g/mol. The van der Waals surface area contributed by atoms with E-state index in [-0.39, 0.29) is 10.6 Å². The third-order valence-electron chi connectivity index (χ3n) is 1.90. The average Bonchev–Trinajstić information content (AvgIpc) is 2.16. The van der Waals surface area contributed by atoms with Gasteiger partial charge >= 0.3 is 0 Å². The third kappa shape index (κ3) is 2.32. The first-order valence-electron chi connectivity index (χ1n) is 4.26. The number of rotatable bonds is 3. The number of aromatic nitrogens is 1. The molecule has 1 aromatic rings. The van der Waals surface area contributed by atoms with E-state index in [9.17, 15) is 4.79 Å². The van der Waals surface area contributed by atoms with Crippen LogP contribution in [0.3, 0.4) is 0 Å². The number of hydrogen-bond acceptors (Lipinski definition) is 3. The number of Topliss-reactive ketones (excluding diaryl/α,β-unsaturated/α-hetero) is 1. The molecule has 0 saturated carbocycles. The van der Waals surface area contributed by atoms with Crippen LogP contribution in [0.4, 0.5) is 0 Å². The summed E-state index contributed by atoms with van der Waals surface area (Å²) in [6.45, 7) is 3.59. The van der Waals surface area contributed by atoms with Crippen LogP contribution >= 0.6 is 15.9 Å². The Labute approximate surface area is 91.6 Å². The Hall–Kier alpha value is -0.900. The third-order valence-corrected chi connectivity index (χ3v) is 2.31.